The van der Waals surface area contributed by atoms with Crippen molar-refractivity contribution in [3.63, 3.8) is 0 Å². The second kappa shape index (κ2) is 13.5. The molecule has 1 saturated heterocycles. The van der Waals surface area contributed by atoms with Gasteiger partial charge >= 0.3 is 0 Å². The van der Waals surface area contributed by atoms with Crippen LogP contribution in [-0.2, 0) is 21.2 Å². The van der Waals surface area contributed by atoms with E-state index in [2.05, 4.69) is 4.90 Å². The Morgan fingerprint density at radius 1 is 0.974 bits per heavy atom. The van der Waals surface area contributed by atoms with Crippen LogP contribution in [0.25, 0.3) is 0 Å². The van der Waals surface area contributed by atoms with Gasteiger partial charge in [-0.15, -0.1) is 0 Å². The molecule has 3 aromatic carbocycles. The molecule has 3 aromatic rings. The molecule has 0 aromatic heterocycles. The molecule has 208 valence electrons. The van der Waals surface area contributed by atoms with Crippen molar-refractivity contribution in [1.82, 2.24) is 9.80 Å². The summed E-state index contributed by atoms with van der Waals surface area (Å²) in [7, 11) is -3.73. The van der Waals surface area contributed by atoms with E-state index in [4.69, 9.17) is 11.6 Å². The largest absolute Gasteiger partial charge is 0.340 e. The second-order valence-corrected chi connectivity index (χ2v) is 12.4. The first-order chi connectivity index (χ1) is 18.8. The van der Waals surface area contributed by atoms with Crippen LogP contribution in [0.4, 0.5) is 5.69 Å². The van der Waals surface area contributed by atoms with Gasteiger partial charge in [0, 0.05) is 37.2 Å². The van der Waals surface area contributed by atoms with Crippen LogP contribution in [-0.4, -0.2) is 62.9 Å². The number of hydrogen-bond acceptors (Lipinski definition) is 4. The number of halogens is 1. The van der Waals surface area contributed by atoms with Crippen LogP contribution in [0.3, 0.4) is 0 Å². The van der Waals surface area contributed by atoms with Gasteiger partial charge < -0.3 is 9.80 Å². The normalized spacial score (nSPS) is 14.7. The van der Waals surface area contributed by atoms with Crippen LogP contribution >= 0.6 is 11.6 Å². The van der Waals surface area contributed by atoms with Gasteiger partial charge in [0.15, 0.2) is 0 Å². The van der Waals surface area contributed by atoms with Crippen molar-refractivity contribution < 1.29 is 13.2 Å². The van der Waals surface area contributed by atoms with Gasteiger partial charge in [0.2, 0.25) is 5.91 Å². The van der Waals surface area contributed by atoms with E-state index in [1.807, 2.05) is 67.3 Å². The third-order valence-corrected chi connectivity index (χ3v) is 9.72. The molecule has 0 N–H and O–H groups in total. The summed E-state index contributed by atoms with van der Waals surface area (Å²) in [5.41, 5.74) is 2.52. The summed E-state index contributed by atoms with van der Waals surface area (Å²) in [6.45, 7) is 7.59. The standard InChI is InChI=1S/C31H38ClN3O3S/c1-3-34(31(36)23-26-11-6-4-7-12-26)27-17-21-33(22-18-27)19-10-20-35(28-16-15-25(2)30(32)24-28)39(37,38)29-13-8-5-9-14-29/h4-9,11-16,24,27H,3,10,17-23H2,1-2H3. The average molecular weight is 568 g/mol. The number of benzene rings is 3. The van der Waals surface area contributed by atoms with Gasteiger partial charge in [0.05, 0.1) is 17.0 Å². The Morgan fingerprint density at radius 2 is 1.62 bits per heavy atom. The first kappa shape index (κ1) is 29.1. The quantitative estimate of drug-likeness (QED) is 0.294. The summed E-state index contributed by atoms with van der Waals surface area (Å²) in [6.07, 6.45) is 2.97. The number of piperidine rings is 1. The number of anilines is 1. The highest BCUT2D eigenvalue weighted by molar-refractivity contribution is 7.92. The van der Waals surface area contributed by atoms with Gasteiger partial charge in [-0.25, -0.2) is 8.42 Å². The molecule has 0 bridgehead atoms. The van der Waals surface area contributed by atoms with E-state index < -0.39 is 10.0 Å². The lowest BCUT2D eigenvalue weighted by atomic mass is 10.0. The second-order valence-electron chi connectivity index (χ2n) is 10.1. The molecule has 1 amide bonds. The van der Waals surface area contributed by atoms with Gasteiger partial charge in [0.1, 0.15) is 0 Å². The molecule has 0 spiro atoms. The minimum absolute atomic E-state index is 0.181. The van der Waals surface area contributed by atoms with Crippen LogP contribution in [0.5, 0.6) is 0 Å². The highest BCUT2D eigenvalue weighted by Crippen LogP contribution is 2.28. The number of carbonyl (C=O) groups is 1. The number of rotatable bonds is 11. The third-order valence-electron chi connectivity index (χ3n) is 7.47. The molecule has 4 rings (SSSR count). The maximum absolute atomic E-state index is 13.6. The molecule has 1 fully saturated rings. The molecule has 8 heteroatoms. The zero-order valence-electron chi connectivity index (χ0n) is 22.8. The predicted octanol–water partition coefficient (Wildman–Crippen LogP) is 5.79. The summed E-state index contributed by atoms with van der Waals surface area (Å²) < 4.78 is 28.7. The molecule has 0 aliphatic carbocycles. The predicted molar refractivity (Wildman–Crippen MR) is 159 cm³/mol. The number of likely N-dealkylation sites (N-methyl/N-ethyl adjacent to an activating group) is 1. The summed E-state index contributed by atoms with van der Waals surface area (Å²) in [5, 5.41) is 0.546. The van der Waals surface area contributed by atoms with E-state index in [0.717, 1.165) is 43.6 Å². The Balaban J connectivity index is 1.36. The molecule has 0 radical (unpaired) electrons. The Bertz CT molecular complexity index is 1330. The lowest BCUT2D eigenvalue weighted by Gasteiger charge is -2.38. The lowest BCUT2D eigenvalue weighted by molar-refractivity contribution is -0.133. The summed E-state index contributed by atoms with van der Waals surface area (Å²) in [6, 6.07) is 24.1. The van der Waals surface area contributed by atoms with Crippen LogP contribution in [0.2, 0.25) is 5.02 Å². The number of likely N-dealkylation sites (tertiary alicyclic amines) is 1. The molecular formula is C31H38ClN3O3S. The smallest absolute Gasteiger partial charge is 0.264 e. The Labute approximate surface area is 238 Å². The first-order valence-corrected chi connectivity index (χ1v) is 15.5. The number of amides is 1. The van der Waals surface area contributed by atoms with Crippen molar-refractivity contribution in [3.8, 4) is 0 Å². The van der Waals surface area contributed by atoms with Crippen molar-refractivity contribution in [2.45, 2.75) is 50.5 Å². The lowest BCUT2D eigenvalue weighted by Crippen LogP contribution is -2.48. The Kier molecular flexibility index (Phi) is 10.1. The SMILES string of the molecule is CCN(C(=O)Cc1ccccc1)C1CCN(CCCN(c2ccc(C)c(Cl)c2)S(=O)(=O)c2ccccc2)CC1. The monoisotopic (exact) mass is 567 g/mol. The number of carbonyl (C=O) groups excluding carboxylic acids is 1. The van der Waals surface area contributed by atoms with Crippen molar-refractivity contribution in [3.05, 3.63) is 95.0 Å². The summed E-state index contributed by atoms with van der Waals surface area (Å²) >= 11 is 6.37. The van der Waals surface area contributed by atoms with E-state index >= 15 is 0 Å². The first-order valence-electron chi connectivity index (χ1n) is 13.7. The molecule has 1 heterocycles. The topological polar surface area (TPSA) is 60.9 Å². The van der Waals surface area contributed by atoms with Gasteiger partial charge in [-0.2, -0.15) is 0 Å². The molecule has 1 aliphatic rings. The number of aryl methyl sites for hydroxylation is 1. The van der Waals surface area contributed by atoms with Gasteiger partial charge in [-0.05, 0) is 75.0 Å². The Morgan fingerprint density at radius 3 is 2.23 bits per heavy atom. The van der Waals surface area contributed by atoms with E-state index in [0.29, 0.717) is 36.6 Å². The van der Waals surface area contributed by atoms with Gasteiger partial charge in [-0.3, -0.25) is 9.10 Å². The number of nitrogens with zero attached hydrogens (tertiary/aromatic N) is 3. The third kappa shape index (κ3) is 7.41. The highest BCUT2D eigenvalue weighted by atomic mass is 35.5. The van der Waals surface area contributed by atoms with Crippen molar-refractivity contribution in [2.75, 3.05) is 37.0 Å². The van der Waals surface area contributed by atoms with E-state index in [1.165, 1.54) is 4.31 Å². The minimum atomic E-state index is -3.73. The van der Waals surface area contributed by atoms with Crippen LogP contribution in [0.1, 0.15) is 37.3 Å². The molecule has 0 unspecified atom stereocenters. The van der Waals surface area contributed by atoms with Gasteiger partial charge in [0.25, 0.3) is 10.0 Å². The summed E-state index contributed by atoms with van der Waals surface area (Å²) in [5.74, 6) is 0.181. The number of hydrogen-bond donors (Lipinski definition) is 0. The zero-order chi connectivity index (χ0) is 27.8. The van der Waals surface area contributed by atoms with E-state index in [1.54, 1.807) is 30.3 Å². The number of sulfonamides is 1. The van der Waals surface area contributed by atoms with Crippen molar-refractivity contribution in [1.29, 1.82) is 0 Å². The fourth-order valence-electron chi connectivity index (χ4n) is 5.25. The summed E-state index contributed by atoms with van der Waals surface area (Å²) in [4.78, 5) is 17.7. The fourth-order valence-corrected chi connectivity index (χ4v) is 6.94. The van der Waals surface area contributed by atoms with E-state index in [-0.39, 0.29) is 16.8 Å². The van der Waals surface area contributed by atoms with Crippen LogP contribution in [0, 0.1) is 6.92 Å². The molecule has 39 heavy (non-hydrogen) atoms. The van der Waals surface area contributed by atoms with Crippen LogP contribution < -0.4 is 4.31 Å². The zero-order valence-corrected chi connectivity index (χ0v) is 24.4. The maximum Gasteiger partial charge on any atom is 0.264 e. The van der Waals surface area contributed by atoms with Crippen molar-refractivity contribution >= 4 is 33.2 Å². The molecule has 1 aliphatic heterocycles. The fraction of sp³-hybridized carbons (Fsp3) is 0.387. The molecule has 0 atom stereocenters. The van der Waals surface area contributed by atoms with E-state index in [9.17, 15) is 13.2 Å². The average Bonchev–Trinajstić information content (AvgIpc) is 2.95. The minimum Gasteiger partial charge on any atom is -0.340 e. The van der Waals surface area contributed by atoms with Gasteiger partial charge in [-0.1, -0.05) is 66.2 Å². The molecular weight excluding hydrogens is 530 g/mol. The molecule has 6 nitrogen and oxygen atoms in total. The maximum atomic E-state index is 13.6. The van der Waals surface area contributed by atoms with Crippen molar-refractivity contribution in [2.24, 2.45) is 0 Å². The van der Waals surface area contributed by atoms with Crippen LogP contribution in [0.15, 0.2) is 83.8 Å². The molecule has 0 saturated carbocycles. The highest BCUT2D eigenvalue weighted by Gasteiger charge is 2.28. The Hall–Kier alpha value is -2.87.